The van der Waals surface area contributed by atoms with Gasteiger partial charge in [0.25, 0.3) is 0 Å². The van der Waals surface area contributed by atoms with Gasteiger partial charge in [0.05, 0.1) is 0 Å². The van der Waals surface area contributed by atoms with Crippen molar-refractivity contribution in [1.29, 1.82) is 0 Å². The van der Waals surface area contributed by atoms with E-state index in [9.17, 15) is 12.9 Å². The molecule has 0 aromatic heterocycles. The van der Waals surface area contributed by atoms with Crippen molar-refractivity contribution in [1.82, 2.24) is 10.9 Å². The summed E-state index contributed by atoms with van der Waals surface area (Å²) in [5.41, 5.74) is 5.86. The van der Waals surface area contributed by atoms with Gasteiger partial charge in [-0.1, -0.05) is 30.3 Å². The summed E-state index contributed by atoms with van der Waals surface area (Å²) in [6.07, 6.45) is 0.0630. The summed E-state index contributed by atoms with van der Waals surface area (Å²) in [5, 5.41) is 0. The quantitative estimate of drug-likeness (QED) is 0.660. The zero-order valence-corrected chi connectivity index (χ0v) is 12.1. The van der Waals surface area contributed by atoms with E-state index in [4.69, 9.17) is 0 Å². The van der Waals surface area contributed by atoms with Crippen LogP contribution in [0.2, 0.25) is 0 Å². The number of hydrogen-bond acceptors (Lipinski definition) is 2. The van der Waals surface area contributed by atoms with Gasteiger partial charge in [-0.05, 0) is 17.9 Å². The maximum atomic E-state index is 12.4. The molecule has 82 valence electrons. The summed E-state index contributed by atoms with van der Waals surface area (Å²) >= 11 is 0. The molecule has 2 unspecified atom stereocenters. The summed E-state index contributed by atoms with van der Waals surface area (Å²) in [4.78, 5) is 0. The zero-order valence-electron chi connectivity index (χ0n) is 8.96. The van der Waals surface area contributed by atoms with Gasteiger partial charge in [-0.2, -0.15) is 0 Å². The Morgan fingerprint density at radius 2 is 1.69 bits per heavy atom. The molecule has 1 aromatic rings. The molecule has 0 radical (unpaired) electrons. The van der Waals surface area contributed by atoms with Gasteiger partial charge in [-0.3, -0.25) is 10.9 Å². The third kappa shape index (κ3) is 3.56. The fourth-order valence-electron chi connectivity index (χ4n) is 1.73. The van der Waals surface area contributed by atoms with Crippen LogP contribution in [0.1, 0.15) is 18.0 Å². The first-order chi connectivity index (χ1) is 7.07. The first kappa shape index (κ1) is 14.7. The Morgan fingerprint density at radius 3 is 2.19 bits per heavy atom. The van der Waals surface area contributed by atoms with E-state index in [0.29, 0.717) is 0 Å². The average Bonchev–Trinajstić information content (AvgIpc) is 2.67. The van der Waals surface area contributed by atoms with Gasteiger partial charge < -0.3 is 12.9 Å². The third-order valence-electron chi connectivity index (χ3n) is 2.59. The van der Waals surface area contributed by atoms with Gasteiger partial charge >= 0.3 is 58.4 Å². The molecule has 2 nitrogen and oxygen atoms in total. The minimum Gasteiger partial charge on any atom is -0.448 e. The van der Waals surface area contributed by atoms with Crippen molar-refractivity contribution in [2.45, 2.75) is 18.4 Å². The molecule has 0 aliphatic carbocycles. The van der Waals surface area contributed by atoms with Crippen LogP contribution in [0.3, 0.4) is 0 Å². The average molecular weight is 254 g/mol. The van der Waals surface area contributed by atoms with E-state index in [1.54, 1.807) is 0 Å². The van der Waals surface area contributed by atoms with E-state index in [0.717, 1.165) is 5.56 Å². The standard InChI is InChI=1S/C9H11BF3N2.K/c11-10(12,13)9-6-8(14-15-9)7-4-2-1-3-5-7;/h1-5,8-9,14-15H,6H2;/q-1;+1. The van der Waals surface area contributed by atoms with E-state index in [2.05, 4.69) is 10.9 Å². The van der Waals surface area contributed by atoms with E-state index in [1.807, 2.05) is 30.3 Å². The molecular formula is C9H11BF3KN2. The predicted octanol–water partition coefficient (Wildman–Crippen LogP) is -1.02. The van der Waals surface area contributed by atoms with Crippen LogP contribution in [0.4, 0.5) is 12.9 Å². The smallest absolute Gasteiger partial charge is 0.448 e. The molecule has 0 bridgehead atoms. The Kier molecular flexibility index (Phi) is 5.50. The Balaban J connectivity index is 0.00000128. The van der Waals surface area contributed by atoms with Crippen LogP contribution >= 0.6 is 0 Å². The zero-order chi connectivity index (χ0) is 10.9. The van der Waals surface area contributed by atoms with Crippen LogP contribution in [0.25, 0.3) is 0 Å². The number of hydrogen-bond donors (Lipinski definition) is 2. The van der Waals surface area contributed by atoms with Crippen LogP contribution in [-0.4, -0.2) is 12.9 Å². The molecule has 0 saturated carbocycles. The Labute approximate surface area is 135 Å². The molecule has 2 N–H and O–H groups in total. The fourth-order valence-corrected chi connectivity index (χ4v) is 1.73. The summed E-state index contributed by atoms with van der Waals surface area (Å²) in [7, 11) is 0. The summed E-state index contributed by atoms with van der Waals surface area (Å²) in [5.74, 6) is -1.39. The molecule has 0 spiro atoms. The van der Waals surface area contributed by atoms with Crippen molar-refractivity contribution in [3.05, 3.63) is 35.9 Å². The van der Waals surface area contributed by atoms with Crippen molar-refractivity contribution < 1.29 is 64.3 Å². The van der Waals surface area contributed by atoms with Crippen LogP contribution in [-0.2, 0) is 0 Å². The van der Waals surface area contributed by atoms with Crippen LogP contribution in [0.15, 0.2) is 30.3 Å². The summed E-state index contributed by atoms with van der Waals surface area (Å²) in [6, 6.07) is 8.89. The molecule has 1 aromatic carbocycles. The summed E-state index contributed by atoms with van der Waals surface area (Å²) in [6.45, 7) is -4.81. The molecule has 2 rings (SSSR count). The minimum absolute atomic E-state index is 0. The van der Waals surface area contributed by atoms with E-state index >= 15 is 0 Å². The van der Waals surface area contributed by atoms with Crippen molar-refractivity contribution in [2.24, 2.45) is 0 Å². The molecule has 1 fully saturated rings. The van der Waals surface area contributed by atoms with E-state index in [1.165, 1.54) is 0 Å². The molecular weight excluding hydrogens is 243 g/mol. The molecule has 1 heterocycles. The first-order valence-electron chi connectivity index (χ1n) is 4.83. The first-order valence-corrected chi connectivity index (χ1v) is 4.83. The van der Waals surface area contributed by atoms with Crippen molar-refractivity contribution in [3.8, 4) is 0 Å². The number of rotatable bonds is 2. The second-order valence-corrected chi connectivity index (χ2v) is 3.72. The topological polar surface area (TPSA) is 24.1 Å². The summed E-state index contributed by atoms with van der Waals surface area (Å²) < 4.78 is 37.2. The third-order valence-corrected chi connectivity index (χ3v) is 2.59. The number of benzene rings is 1. The van der Waals surface area contributed by atoms with Gasteiger partial charge in [0.2, 0.25) is 0 Å². The second-order valence-electron chi connectivity index (χ2n) is 3.72. The number of hydrazine groups is 1. The van der Waals surface area contributed by atoms with Crippen molar-refractivity contribution in [2.75, 3.05) is 0 Å². The van der Waals surface area contributed by atoms with E-state index in [-0.39, 0.29) is 63.8 Å². The fraction of sp³-hybridized carbons (Fsp3) is 0.333. The normalized spacial score (nSPS) is 25.2. The Hall–Kier alpha value is 0.631. The second kappa shape index (κ2) is 5.99. The molecule has 2 atom stereocenters. The van der Waals surface area contributed by atoms with Gasteiger partial charge in [-0.15, -0.1) is 0 Å². The van der Waals surface area contributed by atoms with E-state index < -0.39 is 12.9 Å². The molecule has 1 aliphatic heterocycles. The predicted molar refractivity (Wildman–Crippen MR) is 52.9 cm³/mol. The van der Waals surface area contributed by atoms with Crippen LogP contribution < -0.4 is 62.2 Å². The van der Waals surface area contributed by atoms with Crippen molar-refractivity contribution in [3.63, 3.8) is 0 Å². The number of nitrogens with one attached hydrogen (secondary N) is 2. The Bertz CT molecular complexity index is 333. The van der Waals surface area contributed by atoms with Crippen molar-refractivity contribution >= 4 is 6.98 Å². The molecule has 7 heteroatoms. The minimum atomic E-state index is -4.81. The molecule has 0 amide bonds. The SMILES string of the molecule is F[B-](F)(F)C1CC(c2ccccc2)NN1.[K+]. The van der Waals surface area contributed by atoms with Gasteiger partial charge in [0.1, 0.15) is 0 Å². The van der Waals surface area contributed by atoms with Gasteiger partial charge in [0, 0.05) is 6.04 Å². The maximum Gasteiger partial charge on any atom is 1.00 e. The molecule has 1 saturated heterocycles. The van der Waals surface area contributed by atoms with Gasteiger partial charge in [0.15, 0.2) is 0 Å². The molecule has 1 aliphatic rings. The largest absolute Gasteiger partial charge is 1.00 e. The maximum absolute atomic E-state index is 12.4. The molecule has 16 heavy (non-hydrogen) atoms. The van der Waals surface area contributed by atoms with Gasteiger partial charge in [-0.25, -0.2) is 0 Å². The van der Waals surface area contributed by atoms with Crippen LogP contribution in [0, 0.1) is 0 Å². The van der Waals surface area contributed by atoms with Crippen LogP contribution in [0.5, 0.6) is 0 Å². The monoisotopic (exact) mass is 254 g/mol. The number of halogens is 3. The Morgan fingerprint density at radius 1 is 1.06 bits per heavy atom.